The molecule has 0 bridgehead atoms. The van der Waals surface area contributed by atoms with Gasteiger partial charge in [-0.2, -0.15) is 0 Å². The lowest BCUT2D eigenvalue weighted by Gasteiger charge is -2.21. The van der Waals surface area contributed by atoms with Crippen molar-refractivity contribution in [2.75, 3.05) is 26.7 Å². The van der Waals surface area contributed by atoms with Crippen LogP contribution in [0.5, 0.6) is 0 Å². The zero-order chi connectivity index (χ0) is 12.2. The highest BCUT2D eigenvalue weighted by atomic mass is 15.1. The minimum absolute atomic E-state index is 0.273. The van der Waals surface area contributed by atoms with Gasteiger partial charge in [0.15, 0.2) is 0 Å². The summed E-state index contributed by atoms with van der Waals surface area (Å²) >= 11 is 0. The van der Waals surface area contributed by atoms with Gasteiger partial charge in [-0.3, -0.25) is 0 Å². The van der Waals surface area contributed by atoms with Crippen molar-refractivity contribution >= 4 is 0 Å². The first-order chi connectivity index (χ1) is 7.38. The van der Waals surface area contributed by atoms with Crippen LogP contribution in [0, 0.1) is 11.8 Å². The third-order valence-electron chi connectivity index (χ3n) is 3.44. The first-order valence-corrected chi connectivity index (χ1v) is 6.82. The minimum atomic E-state index is 0.273. The van der Waals surface area contributed by atoms with Gasteiger partial charge >= 0.3 is 0 Å². The fourth-order valence-corrected chi connectivity index (χ4v) is 2.12. The van der Waals surface area contributed by atoms with Crippen molar-refractivity contribution in [3.63, 3.8) is 0 Å². The number of hydrogen-bond donors (Lipinski definition) is 1. The second-order valence-corrected chi connectivity index (χ2v) is 6.62. The molecule has 0 amide bonds. The number of rotatable bonds is 7. The molecule has 0 aliphatic heterocycles. The van der Waals surface area contributed by atoms with E-state index in [1.807, 2.05) is 0 Å². The normalized spacial score (nSPS) is 25.1. The summed E-state index contributed by atoms with van der Waals surface area (Å²) in [6, 6.07) is 0. The average molecular weight is 226 g/mol. The third kappa shape index (κ3) is 6.49. The molecule has 1 aliphatic carbocycles. The van der Waals surface area contributed by atoms with Crippen molar-refractivity contribution in [1.82, 2.24) is 10.2 Å². The minimum Gasteiger partial charge on any atom is -0.312 e. The van der Waals surface area contributed by atoms with Gasteiger partial charge in [-0.15, -0.1) is 0 Å². The van der Waals surface area contributed by atoms with Crippen LogP contribution in [0.4, 0.5) is 0 Å². The fourth-order valence-electron chi connectivity index (χ4n) is 2.12. The molecule has 2 heteroatoms. The molecule has 0 aromatic rings. The molecule has 1 saturated carbocycles. The Kier molecular flexibility index (Phi) is 5.26. The van der Waals surface area contributed by atoms with E-state index >= 15 is 0 Å². The van der Waals surface area contributed by atoms with Crippen LogP contribution in [0.1, 0.15) is 47.0 Å². The van der Waals surface area contributed by atoms with Gasteiger partial charge in [0.05, 0.1) is 0 Å². The van der Waals surface area contributed by atoms with Gasteiger partial charge in [0.25, 0.3) is 0 Å². The van der Waals surface area contributed by atoms with E-state index < -0.39 is 0 Å². The van der Waals surface area contributed by atoms with Crippen LogP contribution in [0.3, 0.4) is 0 Å². The molecule has 1 aliphatic rings. The molecule has 0 aromatic carbocycles. The van der Waals surface area contributed by atoms with E-state index in [9.17, 15) is 0 Å². The van der Waals surface area contributed by atoms with Crippen molar-refractivity contribution in [3.8, 4) is 0 Å². The maximum absolute atomic E-state index is 3.54. The van der Waals surface area contributed by atoms with E-state index in [-0.39, 0.29) is 5.54 Å². The van der Waals surface area contributed by atoms with Gasteiger partial charge in [0.2, 0.25) is 0 Å². The first kappa shape index (κ1) is 14.0. The molecule has 0 radical (unpaired) electrons. The maximum Gasteiger partial charge on any atom is 0.00965 e. The molecule has 0 heterocycles. The third-order valence-corrected chi connectivity index (χ3v) is 3.44. The molecule has 1 N–H and O–H groups in total. The SMILES string of the molecule is CC1CC1CN(C)CCCCNC(C)(C)C. The highest BCUT2D eigenvalue weighted by Gasteiger charge is 2.32. The Hall–Kier alpha value is -0.0800. The summed E-state index contributed by atoms with van der Waals surface area (Å²) in [4.78, 5) is 2.51. The highest BCUT2D eigenvalue weighted by Crippen LogP contribution is 2.37. The predicted octanol–water partition coefficient (Wildman–Crippen LogP) is 2.74. The Labute approximate surface area is 102 Å². The number of nitrogens with one attached hydrogen (secondary N) is 1. The summed E-state index contributed by atoms with van der Waals surface area (Å²) in [6.45, 7) is 12.8. The number of hydrogen-bond acceptors (Lipinski definition) is 2. The van der Waals surface area contributed by atoms with Crippen LogP contribution in [0.2, 0.25) is 0 Å². The van der Waals surface area contributed by atoms with Crippen LogP contribution in [0.15, 0.2) is 0 Å². The zero-order valence-corrected chi connectivity index (χ0v) is 11.8. The van der Waals surface area contributed by atoms with Crippen molar-refractivity contribution < 1.29 is 0 Å². The van der Waals surface area contributed by atoms with Crippen LogP contribution in [-0.2, 0) is 0 Å². The standard InChI is InChI=1S/C14H30N2/c1-12-10-13(12)11-16(5)9-7-6-8-15-14(2,3)4/h12-13,15H,6-11H2,1-5H3. The Balaban J connectivity index is 1.90. The number of nitrogens with zero attached hydrogens (tertiary/aromatic N) is 1. The quantitative estimate of drug-likeness (QED) is 0.672. The molecule has 0 spiro atoms. The van der Waals surface area contributed by atoms with E-state index in [0.717, 1.165) is 18.4 Å². The first-order valence-electron chi connectivity index (χ1n) is 6.82. The lowest BCUT2D eigenvalue weighted by molar-refractivity contribution is 0.304. The van der Waals surface area contributed by atoms with E-state index in [2.05, 4.69) is 45.0 Å². The van der Waals surface area contributed by atoms with Gasteiger partial charge in [0.1, 0.15) is 0 Å². The summed E-state index contributed by atoms with van der Waals surface area (Å²) in [7, 11) is 2.27. The Morgan fingerprint density at radius 2 is 1.88 bits per heavy atom. The van der Waals surface area contributed by atoms with Gasteiger partial charge < -0.3 is 10.2 Å². The highest BCUT2D eigenvalue weighted by molar-refractivity contribution is 4.84. The largest absolute Gasteiger partial charge is 0.312 e. The van der Waals surface area contributed by atoms with E-state index in [0.29, 0.717) is 0 Å². The predicted molar refractivity (Wildman–Crippen MR) is 71.8 cm³/mol. The van der Waals surface area contributed by atoms with Gasteiger partial charge in [-0.25, -0.2) is 0 Å². The number of unbranched alkanes of at least 4 members (excludes halogenated alkanes) is 1. The molecule has 0 aromatic heterocycles. The summed E-state index contributed by atoms with van der Waals surface area (Å²) in [5, 5.41) is 3.54. The van der Waals surface area contributed by atoms with Crippen LogP contribution < -0.4 is 5.32 Å². The molecular formula is C14H30N2. The monoisotopic (exact) mass is 226 g/mol. The summed E-state index contributed by atoms with van der Waals surface area (Å²) in [5.74, 6) is 1.99. The lowest BCUT2D eigenvalue weighted by Crippen LogP contribution is -2.36. The molecule has 96 valence electrons. The van der Waals surface area contributed by atoms with Crippen LogP contribution in [0.25, 0.3) is 0 Å². The van der Waals surface area contributed by atoms with E-state index in [1.54, 1.807) is 0 Å². The summed E-state index contributed by atoms with van der Waals surface area (Å²) < 4.78 is 0. The van der Waals surface area contributed by atoms with E-state index in [4.69, 9.17) is 0 Å². The molecule has 2 unspecified atom stereocenters. The Morgan fingerprint density at radius 1 is 1.25 bits per heavy atom. The van der Waals surface area contributed by atoms with Crippen molar-refractivity contribution in [3.05, 3.63) is 0 Å². The smallest absolute Gasteiger partial charge is 0.00965 e. The van der Waals surface area contributed by atoms with Gasteiger partial charge in [0, 0.05) is 12.1 Å². The molecule has 1 fully saturated rings. The summed E-state index contributed by atoms with van der Waals surface area (Å²) in [6.07, 6.45) is 4.07. The second kappa shape index (κ2) is 6.02. The van der Waals surface area contributed by atoms with E-state index in [1.165, 1.54) is 32.4 Å². The zero-order valence-electron chi connectivity index (χ0n) is 11.8. The second-order valence-electron chi connectivity index (χ2n) is 6.62. The molecule has 2 atom stereocenters. The Morgan fingerprint density at radius 3 is 2.38 bits per heavy atom. The summed E-state index contributed by atoms with van der Waals surface area (Å²) in [5.41, 5.74) is 0.273. The van der Waals surface area contributed by atoms with Crippen molar-refractivity contribution in [2.45, 2.75) is 52.5 Å². The maximum atomic E-state index is 3.54. The molecule has 16 heavy (non-hydrogen) atoms. The lowest BCUT2D eigenvalue weighted by atomic mass is 10.1. The molecule has 0 saturated heterocycles. The van der Waals surface area contributed by atoms with Crippen molar-refractivity contribution in [1.29, 1.82) is 0 Å². The van der Waals surface area contributed by atoms with Gasteiger partial charge in [-0.05, 0) is 72.0 Å². The van der Waals surface area contributed by atoms with Gasteiger partial charge in [-0.1, -0.05) is 6.92 Å². The van der Waals surface area contributed by atoms with Crippen LogP contribution in [-0.4, -0.2) is 37.1 Å². The molecule has 1 rings (SSSR count). The fraction of sp³-hybridized carbons (Fsp3) is 1.00. The molecule has 2 nitrogen and oxygen atoms in total. The van der Waals surface area contributed by atoms with Crippen LogP contribution >= 0.6 is 0 Å². The Bertz CT molecular complexity index is 195. The average Bonchev–Trinajstić information content (AvgIpc) is 2.79. The van der Waals surface area contributed by atoms with Crippen molar-refractivity contribution in [2.24, 2.45) is 11.8 Å². The molecular weight excluding hydrogens is 196 g/mol. The topological polar surface area (TPSA) is 15.3 Å².